The quantitative estimate of drug-likeness (QED) is 0.709. The molecule has 6 heteroatoms. The highest BCUT2D eigenvalue weighted by Crippen LogP contribution is 2.34. The molecule has 0 aliphatic carbocycles. The molecule has 0 bridgehead atoms. The second-order valence-corrected chi connectivity index (χ2v) is 6.34. The van der Waals surface area contributed by atoms with Crippen LogP contribution in [0.4, 0.5) is 18.9 Å². The van der Waals surface area contributed by atoms with E-state index >= 15 is 0 Å². The summed E-state index contributed by atoms with van der Waals surface area (Å²) in [5, 5.41) is 2.35. The van der Waals surface area contributed by atoms with Crippen molar-refractivity contribution in [3.63, 3.8) is 0 Å². The van der Waals surface area contributed by atoms with E-state index in [-0.39, 0.29) is 11.4 Å². The van der Waals surface area contributed by atoms with Gasteiger partial charge in [-0.25, -0.2) is 0 Å². The van der Waals surface area contributed by atoms with Gasteiger partial charge in [-0.1, -0.05) is 42.5 Å². The topological polar surface area (TPSA) is 29.1 Å². The average Bonchev–Trinajstić information content (AvgIpc) is 2.55. The number of carbonyl (C=O) groups excluding carboxylic acids is 1. The zero-order valence-electron chi connectivity index (χ0n) is 13.0. The van der Waals surface area contributed by atoms with Gasteiger partial charge in [0.25, 0.3) is 0 Å². The molecule has 2 nitrogen and oxygen atoms in total. The second-order valence-electron chi connectivity index (χ2n) is 5.23. The molecule has 2 rings (SSSR count). The number of benzene rings is 2. The maximum atomic E-state index is 12.9. The molecule has 0 aromatic heterocycles. The standard InChI is InChI=1S/C18H18F3NOS/c19-18(20,21)15-10-4-5-11-16(15)22-17(23)13-24-12-6-9-14-7-2-1-3-8-14/h1-5,7-8,10-11H,6,9,12-13H2,(H,22,23). The summed E-state index contributed by atoms with van der Waals surface area (Å²) in [6, 6.07) is 15.0. The van der Waals surface area contributed by atoms with Gasteiger partial charge >= 0.3 is 6.18 Å². The van der Waals surface area contributed by atoms with Crippen molar-refractivity contribution in [1.82, 2.24) is 0 Å². The summed E-state index contributed by atoms with van der Waals surface area (Å²) in [7, 11) is 0. The van der Waals surface area contributed by atoms with Crippen molar-refractivity contribution in [3.8, 4) is 0 Å². The Labute approximate surface area is 143 Å². The maximum absolute atomic E-state index is 12.9. The highest BCUT2D eigenvalue weighted by Gasteiger charge is 2.33. The fourth-order valence-corrected chi connectivity index (χ4v) is 2.96. The van der Waals surface area contributed by atoms with Gasteiger partial charge in [-0.05, 0) is 36.3 Å². The number of hydrogen-bond donors (Lipinski definition) is 1. The third kappa shape index (κ3) is 5.92. The van der Waals surface area contributed by atoms with Crippen LogP contribution in [0.25, 0.3) is 0 Å². The number of rotatable bonds is 7. The van der Waals surface area contributed by atoms with Gasteiger partial charge in [0.05, 0.1) is 17.0 Å². The number of amides is 1. The number of aryl methyl sites for hydroxylation is 1. The molecule has 0 radical (unpaired) electrons. The Morgan fingerprint density at radius 1 is 1.00 bits per heavy atom. The molecule has 2 aromatic rings. The fourth-order valence-electron chi connectivity index (χ4n) is 2.21. The van der Waals surface area contributed by atoms with Crippen LogP contribution in [0.2, 0.25) is 0 Å². The smallest absolute Gasteiger partial charge is 0.325 e. The Morgan fingerprint density at radius 3 is 2.38 bits per heavy atom. The SMILES string of the molecule is O=C(CSCCCc1ccccc1)Nc1ccccc1C(F)(F)F. The molecule has 0 unspecified atom stereocenters. The molecule has 1 N–H and O–H groups in total. The van der Waals surface area contributed by atoms with Crippen LogP contribution in [0.3, 0.4) is 0 Å². The van der Waals surface area contributed by atoms with Crippen LogP contribution in [0.5, 0.6) is 0 Å². The summed E-state index contributed by atoms with van der Waals surface area (Å²) in [6.07, 6.45) is -2.64. The van der Waals surface area contributed by atoms with Crippen LogP contribution in [0, 0.1) is 0 Å². The molecule has 1 amide bonds. The molecule has 0 aliphatic rings. The van der Waals surface area contributed by atoms with Crippen LogP contribution < -0.4 is 5.32 Å². The summed E-state index contributed by atoms with van der Waals surface area (Å²) >= 11 is 1.42. The van der Waals surface area contributed by atoms with Crippen molar-refractivity contribution in [1.29, 1.82) is 0 Å². The third-order valence-corrected chi connectivity index (χ3v) is 4.38. The minimum atomic E-state index is -4.48. The first kappa shape index (κ1) is 18.4. The molecule has 24 heavy (non-hydrogen) atoms. The van der Waals surface area contributed by atoms with E-state index in [1.54, 1.807) is 0 Å². The molecule has 0 spiro atoms. The number of alkyl halides is 3. The zero-order chi connectivity index (χ0) is 17.4. The van der Waals surface area contributed by atoms with E-state index in [1.165, 1.54) is 35.5 Å². The van der Waals surface area contributed by atoms with Gasteiger partial charge in [0.2, 0.25) is 5.91 Å². The van der Waals surface area contributed by atoms with Crippen molar-refractivity contribution >= 4 is 23.4 Å². The Morgan fingerprint density at radius 2 is 1.67 bits per heavy atom. The van der Waals surface area contributed by atoms with E-state index in [4.69, 9.17) is 0 Å². The summed E-state index contributed by atoms with van der Waals surface area (Å²) < 4.78 is 38.6. The average molecular weight is 353 g/mol. The van der Waals surface area contributed by atoms with Crippen molar-refractivity contribution in [2.24, 2.45) is 0 Å². The Balaban J connectivity index is 1.74. The molecular weight excluding hydrogens is 335 g/mol. The first-order valence-corrected chi connectivity index (χ1v) is 8.70. The van der Waals surface area contributed by atoms with Crippen LogP contribution in [0.15, 0.2) is 54.6 Å². The van der Waals surface area contributed by atoms with E-state index in [0.29, 0.717) is 0 Å². The molecule has 0 saturated carbocycles. The van der Waals surface area contributed by atoms with Gasteiger partial charge in [0.1, 0.15) is 0 Å². The van der Waals surface area contributed by atoms with Crippen molar-refractivity contribution in [2.75, 3.05) is 16.8 Å². The molecule has 128 valence electrons. The lowest BCUT2D eigenvalue weighted by Gasteiger charge is -2.13. The van der Waals surface area contributed by atoms with Crippen LogP contribution in [-0.2, 0) is 17.4 Å². The van der Waals surface area contributed by atoms with Crippen LogP contribution >= 0.6 is 11.8 Å². The van der Waals surface area contributed by atoms with Gasteiger partial charge in [-0.3, -0.25) is 4.79 Å². The van der Waals surface area contributed by atoms with E-state index in [9.17, 15) is 18.0 Å². The molecule has 0 heterocycles. The maximum Gasteiger partial charge on any atom is 0.418 e. The predicted molar refractivity (Wildman–Crippen MR) is 92.2 cm³/mol. The Kier molecular flexibility index (Phi) is 6.73. The Bertz CT molecular complexity index is 659. The number of para-hydroxylation sites is 1. The van der Waals surface area contributed by atoms with E-state index in [0.717, 1.165) is 24.7 Å². The van der Waals surface area contributed by atoms with Gasteiger partial charge in [0, 0.05) is 0 Å². The first-order chi connectivity index (χ1) is 11.5. The number of thioether (sulfide) groups is 1. The number of anilines is 1. The first-order valence-electron chi connectivity index (χ1n) is 7.54. The molecule has 0 fully saturated rings. The summed E-state index contributed by atoms with van der Waals surface area (Å²) in [5.41, 5.74) is 0.217. The van der Waals surface area contributed by atoms with Crippen LogP contribution in [-0.4, -0.2) is 17.4 Å². The Hall–Kier alpha value is -1.95. The predicted octanol–water partition coefficient (Wildman–Crippen LogP) is 5.01. The largest absolute Gasteiger partial charge is 0.418 e. The lowest BCUT2D eigenvalue weighted by Crippen LogP contribution is -2.18. The number of nitrogens with one attached hydrogen (secondary N) is 1. The fraction of sp³-hybridized carbons (Fsp3) is 0.278. The minimum Gasteiger partial charge on any atom is -0.325 e. The van der Waals surface area contributed by atoms with Crippen LogP contribution in [0.1, 0.15) is 17.5 Å². The highest BCUT2D eigenvalue weighted by molar-refractivity contribution is 7.99. The summed E-state index contributed by atoms with van der Waals surface area (Å²) in [6.45, 7) is 0. The summed E-state index contributed by atoms with van der Waals surface area (Å²) in [5.74, 6) is 0.501. The molecule has 0 atom stereocenters. The van der Waals surface area contributed by atoms with Gasteiger partial charge < -0.3 is 5.32 Å². The number of hydrogen-bond acceptors (Lipinski definition) is 2. The minimum absolute atomic E-state index is 0.140. The summed E-state index contributed by atoms with van der Waals surface area (Å²) in [4.78, 5) is 11.8. The van der Waals surface area contributed by atoms with Gasteiger partial charge in [-0.2, -0.15) is 24.9 Å². The molecule has 2 aromatic carbocycles. The van der Waals surface area contributed by atoms with E-state index in [2.05, 4.69) is 5.32 Å². The van der Waals surface area contributed by atoms with E-state index in [1.807, 2.05) is 30.3 Å². The molecule has 0 saturated heterocycles. The van der Waals surface area contributed by atoms with Crippen molar-refractivity contribution in [3.05, 3.63) is 65.7 Å². The third-order valence-electron chi connectivity index (χ3n) is 3.34. The van der Waals surface area contributed by atoms with Gasteiger partial charge in [-0.15, -0.1) is 0 Å². The normalized spacial score (nSPS) is 11.3. The monoisotopic (exact) mass is 353 g/mol. The van der Waals surface area contributed by atoms with Gasteiger partial charge in [0.15, 0.2) is 0 Å². The molecule has 0 aliphatic heterocycles. The lowest BCUT2D eigenvalue weighted by atomic mass is 10.1. The molecular formula is C18H18F3NOS. The zero-order valence-corrected chi connectivity index (χ0v) is 13.8. The van der Waals surface area contributed by atoms with Crippen molar-refractivity contribution in [2.45, 2.75) is 19.0 Å². The highest BCUT2D eigenvalue weighted by atomic mass is 32.2. The van der Waals surface area contributed by atoms with E-state index < -0.39 is 17.6 Å². The number of halogens is 3. The van der Waals surface area contributed by atoms with Crippen molar-refractivity contribution < 1.29 is 18.0 Å². The lowest BCUT2D eigenvalue weighted by molar-refractivity contribution is -0.137. The second kappa shape index (κ2) is 8.78. The number of carbonyl (C=O) groups is 1.